The molecule has 34 heavy (non-hydrogen) atoms. The van der Waals surface area contributed by atoms with E-state index >= 15 is 0 Å². The van der Waals surface area contributed by atoms with Crippen molar-refractivity contribution in [2.75, 3.05) is 44.6 Å². The molecule has 1 aromatic rings. The van der Waals surface area contributed by atoms with Crippen molar-refractivity contribution >= 4 is 17.5 Å². The van der Waals surface area contributed by atoms with Crippen LogP contribution in [0.15, 0.2) is 18.2 Å². The zero-order chi connectivity index (χ0) is 24.6. The van der Waals surface area contributed by atoms with Crippen molar-refractivity contribution < 1.29 is 9.59 Å². The van der Waals surface area contributed by atoms with Crippen LogP contribution in [0.2, 0.25) is 0 Å². The first kappa shape index (κ1) is 26.7. The van der Waals surface area contributed by atoms with Gasteiger partial charge >= 0.3 is 0 Å². The normalized spacial score (nSPS) is 19.1. The Morgan fingerprint density at radius 1 is 1.15 bits per heavy atom. The van der Waals surface area contributed by atoms with Gasteiger partial charge in [0.2, 0.25) is 11.8 Å². The highest BCUT2D eigenvalue weighted by Crippen LogP contribution is 2.28. The number of hydrogen-bond donors (Lipinski definition) is 2. The number of nitrogens with zero attached hydrogens (tertiary/aromatic N) is 2. The smallest absolute Gasteiger partial charge is 0.224 e. The van der Waals surface area contributed by atoms with Gasteiger partial charge in [-0.05, 0) is 80.3 Å². The lowest BCUT2D eigenvalue weighted by molar-refractivity contribution is -0.130. The molecule has 0 saturated carbocycles. The molecule has 2 amide bonds. The predicted octanol–water partition coefficient (Wildman–Crippen LogP) is 4.23. The van der Waals surface area contributed by atoms with Crippen LogP contribution in [0.3, 0.4) is 0 Å². The number of benzene rings is 1. The minimum atomic E-state index is -0.0125. The molecule has 1 aliphatic heterocycles. The van der Waals surface area contributed by atoms with E-state index in [1.54, 1.807) is 0 Å². The average Bonchev–Trinajstić information content (AvgIpc) is 2.98. The Labute approximate surface area is 206 Å². The second kappa shape index (κ2) is 12.7. The number of nitrogens with one attached hydrogen (secondary N) is 2. The van der Waals surface area contributed by atoms with E-state index in [2.05, 4.69) is 61.4 Å². The number of unbranched alkanes of at least 4 members (excludes halogenated alkanes) is 1. The highest BCUT2D eigenvalue weighted by molar-refractivity contribution is 5.91. The number of rotatable bonds is 10. The zero-order valence-corrected chi connectivity index (χ0v) is 21.9. The first-order chi connectivity index (χ1) is 16.2. The van der Waals surface area contributed by atoms with E-state index in [1.807, 2.05) is 4.90 Å². The highest BCUT2D eigenvalue weighted by atomic mass is 16.2. The average molecular weight is 471 g/mol. The summed E-state index contributed by atoms with van der Waals surface area (Å²) in [4.78, 5) is 29.3. The lowest BCUT2D eigenvalue weighted by atomic mass is 9.86. The molecule has 0 bridgehead atoms. The van der Waals surface area contributed by atoms with Gasteiger partial charge in [0.1, 0.15) is 0 Å². The van der Waals surface area contributed by atoms with Crippen molar-refractivity contribution in [3.8, 4) is 0 Å². The Hall–Kier alpha value is -1.92. The van der Waals surface area contributed by atoms with E-state index in [9.17, 15) is 9.59 Å². The van der Waals surface area contributed by atoms with Gasteiger partial charge in [-0.3, -0.25) is 9.59 Å². The Kier molecular flexibility index (Phi) is 9.96. The van der Waals surface area contributed by atoms with Crippen LogP contribution in [0.1, 0.15) is 77.3 Å². The van der Waals surface area contributed by atoms with Gasteiger partial charge in [-0.25, -0.2) is 0 Å². The summed E-state index contributed by atoms with van der Waals surface area (Å²) < 4.78 is 0. The molecular weight excluding hydrogens is 424 g/mol. The fourth-order valence-electron chi connectivity index (χ4n) is 5.25. The molecule has 6 heteroatoms. The predicted molar refractivity (Wildman–Crippen MR) is 140 cm³/mol. The maximum Gasteiger partial charge on any atom is 0.224 e. The Morgan fingerprint density at radius 2 is 1.97 bits per heavy atom. The Morgan fingerprint density at radius 3 is 2.74 bits per heavy atom. The van der Waals surface area contributed by atoms with E-state index in [4.69, 9.17) is 0 Å². The van der Waals surface area contributed by atoms with Crippen LogP contribution in [0, 0.1) is 5.41 Å². The van der Waals surface area contributed by atoms with Crippen molar-refractivity contribution in [2.24, 2.45) is 5.41 Å². The van der Waals surface area contributed by atoms with Crippen LogP contribution in [-0.4, -0.2) is 66.9 Å². The van der Waals surface area contributed by atoms with Crippen LogP contribution < -0.4 is 10.6 Å². The molecule has 1 heterocycles. The lowest BCUT2D eigenvalue weighted by Gasteiger charge is -2.35. The topological polar surface area (TPSA) is 64.7 Å². The molecule has 1 aromatic carbocycles. The van der Waals surface area contributed by atoms with Gasteiger partial charge in [-0.2, -0.15) is 0 Å². The van der Waals surface area contributed by atoms with E-state index in [0.717, 1.165) is 77.1 Å². The molecule has 1 saturated heterocycles. The van der Waals surface area contributed by atoms with Gasteiger partial charge in [-0.15, -0.1) is 0 Å². The first-order valence-electron chi connectivity index (χ1n) is 13.4. The molecule has 1 atom stereocenters. The molecule has 1 fully saturated rings. The minimum absolute atomic E-state index is 0.0125. The van der Waals surface area contributed by atoms with Crippen molar-refractivity contribution in [1.82, 2.24) is 15.1 Å². The second-order valence-electron chi connectivity index (χ2n) is 11.3. The number of amides is 2. The van der Waals surface area contributed by atoms with Crippen LogP contribution in [0.4, 0.5) is 5.69 Å². The lowest BCUT2D eigenvalue weighted by Crippen LogP contribution is -2.41. The third kappa shape index (κ3) is 8.38. The molecule has 2 N–H and O–H groups in total. The Balaban J connectivity index is 1.53. The zero-order valence-electron chi connectivity index (χ0n) is 21.9. The van der Waals surface area contributed by atoms with Gasteiger partial charge in [-0.1, -0.05) is 33.8 Å². The highest BCUT2D eigenvalue weighted by Gasteiger charge is 2.25. The van der Waals surface area contributed by atoms with Gasteiger partial charge in [0.15, 0.2) is 0 Å². The molecule has 190 valence electrons. The molecule has 1 unspecified atom stereocenters. The van der Waals surface area contributed by atoms with Crippen molar-refractivity contribution in [2.45, 2.75) is 85.1 Å². The molecule has 6 nitrogen and oxygen atoms in total. The van der Waals surface area contributed by atoms with Crippen LogP contribution >= 0.6 is 0 Å². The van der Waals surface area contributed by atoms with Crippen molar-refractivity contribution in [3.63, 3.8) is 0 Å². The third-order valence-electron chi connectivity index (χ3n) is 6.96. The summed E-state index contributed by atoms with van der Waals surface area (Å²) in [5, 5.41) is 6.42. The summed E-state index contributed by atoms with van der Waals surface area (Å²) in [5.41, 5.74) is 3.72. The van der Waals surface area contributed by atoms with Gasteiger partial charge in [0.05, 0.1) is 0 Å². The summed E-state index contributed by atoms with van der Waals surface area (Å²) in [6.45, 7) is 14.2. The number of aryl methyl sites for hydroxylation is 1. The van der Waals surface area contributed by atoms with Gasteiger partial charge in [0.25, 0.3) is 0 Å². The fraction of sp³-hybridized carbons (Fsp3) is 0.714. The van der Waals surface area contributed by atoms with Crippen molar-refractivity contribution in [1.29, 1.82) is 0 Å². The molecule has 1 aliphatic carbocycles. The monoisotopic (exact) mass is 470 g/mol. The molecule has 3 rings (SSSR count). The molecule has 0 aromatic heterocycles. The molecule has 2 aliphatic rings. The number of fused-ring (bicyclic) bond motifs is 1. The molecule has 0 radical (unpaired) electrons. The number of carbonyl (C=O) groups excluding carboxylic acids is 2. The number of anilines is 1. The number of hydrogen-bond acceptors (Lipinski definition) is 4. The van der Waals surface area contributed by atoms with Gasteiger partial charge in [0, 0.05) is 50.7 Å². The maximum atomic E-state index is 12.4. The van der Waals surface area contributed by atoms with Crippen LogP contribution in [0.5, 0.6) is 0 Å². The minimum Gasteiger partial charge on any atom is -0.341 e. The van der Waals surface area contributed by atoms with Crippen LogP contribution in [-0.2, 0) is 22.4 Å². The largest absolute Gasteiger partial charge is 0.341 e. The fourth-order valence-corrected chi connectivity index (χ4v) is 5.25. The molecular formula is C28H46N4O2. The second-order valence-corrected chi connectivity index (χ2v) is 11.3. The Bertz CT molecular complexity index is 817. The summed E-state index contributed by atoms with van der Waals surface area (Å²) in [6, 6.07) is 7.01. The quantitative estimate of drug-likeness (QED) is 0.502. The van der Waals surface area contributed by atoms with E-state index in [-0.39, 0.29) is 11.3 Å². The summed E-state index contributed by atoms with van der Waals surface area (Å²) in [7, 11) is 0. The molecule has 0 spiro atoms. The maximum absolute atomic E-state index is 12.4. The first-order valence-corrected chi connectivity index (χ1v) is 13.4. The van der Waals surface area contributed by atoms with E-state index in [0.29, 0.717) is 24.8 Å². The third-order valence-corrected chi connectivity index (χ3v) is 6.96. The van der Waals surface area contributed by atoms with Crippen LogP contribution in [0.25, 0.3) is 0 Å². The number of carbonyl (C=O) groups is 2. The van der Waals surface area contributed by atoms with Gasteiger partial charge < -0.3 is 20.4 Å². The van der Waals surface area contributed by atoms with E-state index in [1.165, 1.54) is 17.5 Å². The summed E-state index contributed by atoms with van der Waals surface area (Å²) >= 11 is 0. The standard InChI is InChI=1S/C28H46N4O2/c1-5-15-31(16-6-7-17-32-18-14-29-13-12-27(32)34)25-11-9-22-8-10-24(19-23(22)20-25)30-26(33)21-28(2,3)4/h8,10,19,25,29H,5-7,9,11-18,20-21H2,1-4H3,(H,30,33). The van der Waals surface area contributed by atoms with E-state index < -0.39 is 0 Å². The van der Waals surface area contributed by atoms with Crippen molar-refractivity contribution in [3.05, 3.63) is 29.3 Å². The summed E-state index contributed by atoms with van der Waals surface area (Å²) in [6.07, 6.45) is 7.85. The summed E-state index contributed by atoms with van der Waals surface area (Å²) in [5.74, 6) is 0.385. The SMILES string of the molecule is CCCN(CCCCN1CCNCCC1=O)C1CCc2ccc(NC(=O)CC(C)(C)C)cc2C1.